The van der Waals surface area contributed by atoms with E-state index in [1.54, 1.807) is 6.92 Å². The Bertz CT molecular complexity index is 890. The third-order valence-corrected chi connectivity index (χ3v) is 8.49. The van der Waals surface area contributed by atoms with E-state index >= 15 is 0 Å². The fraction of sp³-hybridized carbons (Fsp3) is 0.857. The van der Waals surface area contributed by atoms with Crippen molar-refractivity contribution in [2.75, 3.05) is 18.1 Å². The smallest absolute Gasteiger partial charge is 0.219 e. The molecule has 11 heteroatoms. The molecule has 39 heavy (non-hydrogen) atoms. The third-order valence-electron chi connectivity index (χ3n) is 6.81. The van der Waals surface area contributed by atoms with Crippen LogP contribution in [0.4, 0.5) is 0 Å². The predicted octanol–water partition coefficient (Wildman–Crippen LogP) is 4.84. The molecule has 0 fully saturated rings. The molecule has 0 aromatic carbocycles. The molecule has 1 aromatic rings. The number of ketones is 2. The number of nitrogens with zero attached hydrogens (tertiary/aromatic N) is 3. The summed E-state index contributed by atoms with van der Waals surface area (Å²) < 4.78 is 24.4. The van der Waals surface area contributed by atoms with Gasteiger partial charge in [-0.25, -0.2) is 8.42 Å². The number of carbonyl (C=O) groups is 3. The van der Waals surface area contributed by atoms with Gasteiger partial charge in [0, 0.05) is 38.6 Å². The number of aryl methyl sites for hydroxylation is 1. The van der Waals surface area contributed by atoms with Gasteiger partial charge in [-0.2, -0.15) is 5.21 Å². The highest BCUT2D eigenvalue weighted by Gasteiger charge is 2.17. The zero-order valence-electron chi connectivity index (χ0n) is 24.1. The van der Waals surface area contributed by atoms with Gasteiger partial charge in [0.1, 0.15) is 17.3 Å². The molecule has 1 aromatic heterocycles. The first-order valence-corrected chi connectivity index (χ1v) is 16.9. The van der Waals surface area contributed by atoms with E-state index in [2.05, 4.69) is 25.9 Å². The van der Waals surface area contributed by atoms with Gasteiger partial charge in [-0.3, -0.25) is 14.4 Å². The highest BCUT2D eigenvalue weighted by Crippen LogP contribution is 2.14. The van der Waals surface area contributed by atoms with Gasteiger partial charge >= 0.3 is 0 Å². The van der Waals surface area contributed by atoms with E-state index in [1.165, 1.54) is 57.8 Å². The molecule has 0 saturated carbocycles. The molecular formula is C28H51N5O5S. The maximum absolute atomic E-state index is 12.2. The highest BCUT2D eigenvalue weighted by molar-refractivity contribution is 7.92. The number of hydrogen-bond acceptors (Lipinski definition) is 8. The van der Waals surface area contributed by atoms with E-state index < -0.39 is 15.6 Å². The lowest BCUT2D eigenvalue weighted by Crippen LogP contribution is -2.23. The molecule has 0 unspecified atom stereocenters. The lowest BCUT2D eigenvalue weighted by molar-refractivity contribution is -0.121. The Hall–Kier alpha value is -2.17. The fourth-order valence-corrected chi connectivity index (χ4v) is 5.84. The number of Topliss-reactive ketones (excluding diaryl/α,β-unsaturated/α-hetero) is 2. The molecule has 0 aliphatic carbocycles. The van der Waals surface area contributed by atoms with Crippen LogP contribution in [0.2, 0.25) is 0 Å². The maximum Gasteiger partial charge on any atom is 0.219 e. The molecule has 10 nitrogen and oxygen atoms in total. The Balaban J connectivity index is 1.88. The second kappa shape index (κ2) is 22.6. The minimum Gasteiger partial charge on any atom is -0.356 e. The maximum atomic E-state index is 12.2. The first-order chi connectivity index (χ1) is 18.8. The Labute approximate surface area is 235 Å². The Morgan fingerprint density at radius 1 is 0.718 bits per heavy atom. The monoisotopic (exact) mass is 569 g/mol. The Morgan fingerprint density at radius 2 is 1.26 bits per heavy atom. The summed E-state index contributed by atoms with van der Waals surface area (Å²) in [6.45, 7) is 2.22. The van der Waals surface area contributed by atoms with Gasteiger partial charge in [0.25, 0.3) is 0 Å². The number of aromatic nitrogens is 4. The van der Waals surface area contributed by atoms with Gasteiger partial charge in [0.2, 0.25) is 5.91 Å². The van der Waals surface area contributed by atoms with E-state index in [0.29, 0.717) is 32.2 Å². The van der Waals surface area contributed by atoms with Crippen LogP contribution in [0, 0.1) is 0 Å². The van der Waals surface area contributed by atoms with Crippen LogP contribution >= 0.6 is 0 Å². The summed E-state index contributed by atoms with van der Waals surface area (Å²) in [7, 11) is -3.46. The summed E-state index contributed by atoms with van der Waals surface area (Å²) in [5.41, 5.74) is 0. The van der Waals surface area contributed by atoms with Gasteiger partial charge in [0.05, 0.1) is 5.75 Å². The van der Waals surface area contributed by atoms with Crippen molar-refractivity contribution in [2.24, 2.45) is 0 Å². The quantitative estimate of drug-likeness (QED) is 0.143. The average Bonchev–Trinajstić information content (AvgIpc) is 3.42. The molecule has 1 rings (SSSR count). The van der Waals surface area contributed by atoms with Gasteiger partial charge in [0.15, 0.2) is 15.7 Å². The Kier molecular flexibility index (Phi) is 20.2. The second-order valence-corrected chi connectivity index (χ2v) is 12.7. The van der Waals surface area contributed by atoms with Crippen LogP contribution in [-0.4, -0.2) is 64.6 Å². The number of hydrogen-bond donors (Lipinski definition) is 2. The molecule has 0 bridgehead atoms. The molecule has 0 radical (unpaired) electrons. The topological polar surface area (TPSA) is 152 Å². The number of tetrazole rings is 1. The van der Waals surface area contributed by atoms with E-state index in [9.17, 15) is 22.8 Å². The number of unbranched alkanes of at least 4 members (excludes halogenated alkanes) is 12. The number of nitrogens with one attached hydrogen (secondary N) is 2. The molecule has 1 heterocycles. The normalized spacial score (nSPS) is 11.5. The SMILES string of the molecule is CCC(=O)NCCCC(=O)CCCS(=O)(=O)CC(=O)CCCCCCCCCCCCCCCc1nn[nH]n1. The van der Waals surface area contributed by atoms with Crippen molar-refractivity contribution in [2.45, 2.75) is 135 Å². The van der Waals surface area contributed by atoms with Crippen LogP contribution in [0.15, 0.2) is 0 Å². The Morgan fingerprint density at radius 3 is 1.82 bits per heavy atom. The number of rotatable bonds is 27. The van der Waals surface area contributed by atoms with Gasteiger partial charge in [-0.1, -0.05) is 82.8 Å². The van der Waals surface area contributed by atoms with Crippen molar-refractivity contribution in [3.8, 4) is 0 Å². The van der Waals surface area contributed by atoms with Gasteiger partial charge < -0.3 is 5.32 Å². The molecule has 2 N–H and O–H groups in total. The number of amides is 1. The van der Waals surface area contributed by atoms with Crippen LogP contribution in [0.1, 0.15) is 135 Å². The highest BCUT2D eigenvalue weighted by atomic mass is 32.2. The first kappa shape index (κ1) is 34.9. The van der Waals surface area contributed by atoms with Crippen LogP contribution < -0.4 is 5.32 Å². The number of sulfone groups is 1. The van der Waals surface area contributed by atoms with E-state index in [0.717, 1.165) is 37.9 Å². The molecular weight excluding hydrogens is 518 g/mol. The summed E-state index contributed by atoms with van der Waals surface area (Å²) in [6, 6.07) is 0. The van der Waals surface area contributed by atoms with Crippen LogP contribution in [0.5, 0.6) is 0 Å². The average molecular weight is 570 g/mol. The predicted molar refractivity (Wildman–Crippen MR) is 153 cm³/mol. The zero-order valence-corrected chi connectivity index (χ0v) is 24.9. The van der Waals surface area contributed by atoms with Crippen molar-refractivity contribution in [3.63, 3.8) is 0 Å². The van der Waals surface area contributed by atoms with Crippen molar-refractivity contribution >= 4 is 27.3 Å². The lowest BCUT2D eigenvalue weighted by atomic mass is 10.0. The van der Waals surface area contributed by atoms with Crippen molar-refractivity contribution in [1.29, 1.82) is 0 Å². The minimum absolute atomic E-state index is 0.00776. The lowest BCUT2D eigenvalue weighted by Gasteiger charge is -2.05. The molecule has 224 valence electrons. The van der Waals surface area contributed by atoms with Crippen LogP contribution in [0.25, 0.3) is 0 Å². The molecule has 0 saturated heterocycles. The molecule has 0 aliphatic rings. The zero-order chi connectivity index (χ0) is 28.6. The van der Waals surface area contributed by atoms with E-state index in [-0.39, 0.29) is 36.1 Å². The van der Waals surface area contributed by atoms with Crippen molar-refractivity contribution < 1.29 is 22.8 Å². The molecule has 0 spiro atoms. The first-order valence-electron chi connectivity index (χ1n) is 15.0. The standard InChI is InChI=1S/C28H51N5O5S/c1-2-28(36)29-22-16-19-25(34)20-17-23-39(37,38)24-26(35)18-14-12-10-8-6-4-3-5-7-9-11-13-15-21-27-30-32-33-31-27/h2-24H2,1H3,(H,29,36)(H,30,31,32,33). The summed E-state index contributed by atoms with van der Waals surface area (Å²) in [6.07, 6.45) is 18.1. The van der Waals surface area contributed by atoms with Crippen molar-refractivity contribution in [1.82, 2.24) is 25.9 Å². The number of carbonyl (C=O) groups excluding carboxylic acids is 3. The van der Waals surface area contributed by atoms with Crippen LogP contribution in [-0.2, 0) is 30.6 Å². The minimum atomic E-state index is -3.46. The van der Waals surface area contributed by atoms with Crippen molar-refractivity contribution in [3.05, 3.63) is 5.82 Å². The molecule has 1 amide bonds. The third kappa shape index (κ3) is 21.3. The van der Waals surface area contributed by atoms with Gasteiger partial charge in [-0.05, 0) is 25.7 Å². The summed E-state index contributed by atoms with van der Waals surface area (Å²) in [4.78, 5) is 35.1. The summed E-state index contributed by atoms with van der Waals surface area (Å²) in [5, 5.41) is 16.7. The summed E-state index contributed by atoms with van der Waals surface area (Å²) in [5.74, 6) is -0.0110. The van der Waals surface area contributed by atoms with Crippen LogP contribution in [0.3, 0.4) is 0 Å². The van der Waals surface area contributed by atoms with Gasteiger partial charge in [-0.15, -0.1) is 10.2 Å². The number of H-pyrrole nitrogens is 1. The fourth-order valence-electron chi connectivity index (χ4n) is 4.48. The van der Waals surface area contributed by atoms with E-state index in [1.807, 2.05) is 0 Å². The molecule has 0 atom stereocenters. The van der Waals surface area contributed by atoms with E-state index in [4.69, 9.17) is 0 Å². The number of aromatic amines is 1. The second-order valence-electron chi connectivity index (χ2n) is 10.5. The largest absolute Gasteiger partial charge is 0.356 e. The summed E-state index contributed by atoms with van der Waals surface area (Å²) >= 11 is 0. The molecule has 0 aliphatic heterocycles.